The number of amides is 1. The number of hydrogen-bond acceptors (Lipinski definition) is 2. The van der Waals surface area contributed by atoms with Gasteiger partial charge in [0.25, 0.3) is 5.91 Å². The summed E-state index contributed by atoms with van der Waals surface area (Å²) in [6.07, 6.45) is 0. The molecule has 0 saturated heterocycles. The van der Waals surface area contributed by atoms with Gasteiger partial charge in [0.2, 0.25) is 0 Å². The van der Waals surface area contributed by atoms with Gasteiger partial charge in [-0.2, -0.15) is 0 Å². The van der Waals surface area contributed by atoms with Crippen LogP contribution in [-0.4, -0.2) is 12.5 Å². The Labute approximate surface area is 123 Å². The summed E-state index contributed by atoms with van der Waals surface area (Å²) in [5.41, 5.74) is 1.41. The molecule has 0 aliphatic carbocycles. The predicted molar refractivity (Wildman–Crippen MR) is 80.2 cm³/mol. The Kier molecular flexibility index (Phi) is 5.02. The van der Waals surface area contributed by atoms with Crippen LogP contribution in [0.4, 0.5) is 0 Å². The molecular weight excluding hydrogens is 274 g/mol. The summed E-state index contributed by atoms with van der Waals surface area (Å²) in [6.45, 7) is 2.93. The molecule has 20 heavy (non-hydrogen) atoms. The lowest BCUT2D eigenvalue weighted by Gasteiger charge is -2.11. The van der Waals surface area contributed by atoms with Crippen LogP contribution in [0.15, 0.2) is 48.5 Å². The maximum Gasteiger partial charge on any atom is 0.253 e. The number of carbonyl (C=O) groups is 1. The fraction of sp³-hybridized carbons (Fsp3) is 0.188. The van der Waals surface area contributed by atoms with Gasteiger partial charge in [-0.25, -0.2) is 0 Å². The number of carbonyl (C=O) groups excluding carboxylic acids is 1. The molecule has 0 aliphatic heterocycles. The molecule has 4 heteroatoms. The first-order valence-corrected chi connectivity index (χ1v) is 6.83. The summed E-state index contributed by atoms with van der Waals surface area (Å²) < 4.78 is 5.52. The number of rotatable bonds is 5. The lowest BCUT2D eigenvalue weighted by Crippen LogP contribution is -2.23. The van der Waals surface area contributed by atoms with Gasteiger partial charge in [0.15, 0.2) is 0 Å². The first kappa shape index (κ1) is 14.4. The third-order valence-corrected chi connectivity index (χ3v) is 3.16. The molecule has 104 valence electrons. The molecule has 2 aromatic carbocycles. The quantitative estimate of drug-likeness (QED) is 0.912. The van der Waals surface area contributed by atoms with E-state index in [-0.39, 0.29) is 5.91 Å². The highest BCUT2D eigenvalue weighted by molar-refractivity contribution is 6.33. The van der Waals surface area contributed by atoms with E-state index >= 15 is 0 Å². The maximum atomic E-state index is 12.1. The average Bonchev–Trinajstić information content (AvgIpc) is 2.47. The van der Waals surface area contributed by atoms with E-state index in [0.717, 1.165) is 11.3 Å². The van der Waals surface area contributed by atoms with E-state index in [1.165, 1.54) is 0 Å². The van der Waals surface area contributed by atoms with Crippen LogP contribution in [-0.2, 0) is 6.54 Å². The van der Waals surface area contributed by atoms with Crippen molar-refractivity contribution in [1.29, 1.82) is 0 Å². The van der Waals surface area contributed by atoms with Crippen LogP contribution in [0.25, 0.3) is 0 Å². The number of hydrogen-bond donors (Lipinski definition) is 1. The Morgan fingerprint density at radius 2 is 1.85 bits per heavy atom. The van der Waals surface area contributed by atoms with Gasteiger partial charge in [-0.3, -0.25) is 4.79 Å². The summed E-state index contributed by atoms with van der Waals surface area (Å²) in [5, 5.41) is 3.30. The lowest BCUT2D eigenvalue weighted by atomic mass is 10.1. The molecule has 1 amide bonds. The van der Waals surface area contributed by atoms with Gasteiger partial charge < -0.3 is 10.1 Å². The maximum absolute atomic E-state index is 12.1. The van der Waals surface area contributed by atoms with Crippen molar-refractivity contribution in [3.05, 3.63) is 64.7 Å². The van der Waals surface area contributed by atoms with Crippen molar-refractivity contribution in [2.45, 2.75) is 13.5 Å². The Balaban J connectivity index is 2.06. The Morgan fingerprint density at radius 1 is 1.15 bits per heavy atom. The molecular formula is C16H16ClNO2. The molecule has 2 rings (SSSR count). The molecule has 0 aliphatic rings. The zero-order chi connectivity index (χ0) is 14.4. The molecule has 0 aromatic heterocycles. The van der Waals surface area contributed by atoms with E-state index in [2.05, 4.69) is 5.32 Å². The summed E-state index contributed by atoms with van der Waals surface area (Å²) in [7, 11) is 0. The third kappa shape index (κ3) is 3.52. The molecule has 0 spiro atoms. The number of ether oxygens (including phenoxy) is 1. The van der Waals surface area contributed by atoms with Crippen molar-refractivity contribution in [3.8, 4) is 5.75 Å². The van der Waals surface area contributed by atoms with Gasteiger partial charge in [-0.05, 0) is 25.1 Å². The smallest absolute Gasteiger partial charge is 0.253 e. The molecule has 0 fully saturated rings. The molecule has 0 bridgehead atoms. The van der Waals surface area contributed by atoms with Crippen molar-refractivity contribution in [2.75, 3.05) is 6.61 Å². The number of para-hydroxylation sites is 1. The average molecular weight is 290 g/mol. The highest BCUT2D eigenvalue weighted by Crippen LogP contribution is 2.18. The number of halogens is 1. The molecule has 0 atom stereocenters. The minimum Gasteiger partial charge on any atom is -0.494 e. The summed E-state index contributed by atoms with van der Waals surface area (Å²) in [5.74, 6) is 0.594. The van der Waals surface area contributed by atoms with Crippen LogP contribution in [0.2, 0.25) is 5.02 Å². The van der Waals surface area contributed by atoms with Gasteiger partial charge >= 0.3 is 0 Å². The summed E-state index contributed by atoms with van der Waals surface area (Å²) in [6, 6.07) is 14.6. The Hall–Kier alpha value is -2.00. The van der Waals surface area contributed by atoms with Gasteiger partial charge in [0.1, 0.15) is 5.75 Å². The van der Waals surface area contributed by atoms with Crippen LogP contribution in [0.3, 0.4) is 0 Å². The van der Waals surface area contributed by atoms with Crippen molar-refractivity contribution < 1.29 is 9.53 Å². The fourth-order valence-corrected chi connectivity index (χ4v) is 2.08. The first-order valence-electron chi connectivity index (χ1n) is 6.45. The molecule has 0 radical (unpaired) electrons. The van der Waals surface area contributed by atoms with Gasteiger partial charge in [0, 0.05) is 12.1 Å². The van der Waals surface area contributed by atoms with Crippen LogP contribution >= 0.6 is 11.6 Å². The molecule has 1 N–H and O–H groups in total. The number of nitrogens with one attached hydrogen (secondary N) is 1. The van der Waals surface area contributed by atoms with E-state index < -0.39 is 0 Å². The third-order valence-electron chi connectivity index (χ3n) is 2.83. The molecule has 0 saturated carbocycles. The monoisotopic (exact) mass is 289 g/mol. The fourth-order valence-electron chi connectivity index (χ4n) is 1.86. The largest absolute Gasteiger partial charge is 0.494 e. The van der Waals surface area contributed by atoms with Crippen molar-refractivity contribution in [3.63, 3.8) is 0 Å². The SMILES string of the molecule is CCOc1ccccc1CNC(=O)c1ccccc1Cl. The normalized spacial score (nSPS) is 10.1. The molecule has 3 nitrogen and oxygen atoms in total. The highest BCUT2D eigenvalue weighted by atomic mass is 35.5. The number of benzene rings is 2. The van der Waals surface area contributed by atoms with Gasteiger partial charge in [-0.1, -0.05) is 41.9 Å². The van der Waals surface area contributed by atoms with Gasteiger partial charge in [-0.15, -0.1) is 0 Å². The van der Waals surface area contributed by atoms with Crippen molar-refractivity contribution in [1.82, 2.24) is 5.32 Å². The van der Waals surface area contributed by atoms with E-state index in [0.29, 0.717) is 23.7 Å². The molecule has 0 unspecified atom stereocenters. The van der Waals surface area contributed by atoms with Crippen LogP contribution < -0.4 is 10.1 Å². The second kappa shape index (κ2) is 6.96. The van der Waals surface area contributed by atoms with E-state index in [9.17, 15) is 4.79 Å². The van der Waals surface area contributed by atoms with Crippen LogP contribution in [0.5, 0.6) is 5.75 Å². The van der Waals surface area contributed by atoms with E-state index in [1.54, 1.807) is 24.3 Å². The zero-order valence-electron chi connectivity index (χ0n) is 11.2. The topological polar surface area (TPSA) is 38.3 Å². The lowest BCUT2D eigenvalue weighted by molar-refractivity contribution is 0.0951. The minimum absolute atomic E-state index is 0.193. The van der Waals surface area contributed by atoms with Crippen LogP contribution in [0, 0.1) is 0 Å². The zero-order valence-corrected chi connectivity index (χ0v) is 12.0. The molecule has 0 heterocycles. The Morgan fingerprint density at radius 3 is 2.60 bits per heavy atom. The second-order valence-electron chi connectivity index (χ2n) is 4.20. The second-order valence-corrected chi connectivity index (χ2v) is 4.61. The van der Waals surface area contributed by atoms with E-state index in [1.807, 2.05) is 31.2 Å². The van der Waals surface area contributed by atoms with Crippen molar-refractivity contribution in [2.24, 2.45) is 0 Å². The predicted octanol–water partition coefficient (Wildman–Crippen LogP) is 3.67. The first-order chi connectivity index (χ1) is 9.72. The van der Waals surface area contributed by atoms with Crippen LogP contribution in [0.1, 0.15) is 22.8 Å². The molecule has 2 aromatic rings. The Bertz CT molecular complexity index is 599. The highest BCUT2D eigenvalue weighted by Gasteiger charge is 2.10. The minimum atomic E-state index is -0.193. The van der Waals surface area contributed by atoms with E-state index in [4.69, 9.17) is 16.3 Å². The standard InChI is InChI=1S/C16H16ClNO2/c1-2-20-15-10-6-3-7-12(15)11-18-16(19)13-8-4-5-9-14(13)17/h3-10H,2,11H2,1H3,(H,18,19). The van der Waals surface area contributed by atoms with Gasteiger partial charge in [0.05, 0.1) is 17.2 Å². The summed E-state index contributed by atoms with van der Waals surface area (Å²) in [4.78, 5) is 12.1. The van der Waals surface area contributed by atoms with Crippen molar-refractivity contribution >= 4 is 17.5 Å². The summed E-state index contributed by atoms with van der Waals surface area (Å²) >= 11 is 6.00.